The van der Waals surface area contributed by atoms with Crippen LogP contribution in [0.1, 0.15) is 34.3 Å². The zero-order valence-electron chi connectivity index (χ0n) is 16.0. The summed E-state index contributed by atoms with van der Waals surface area (Å²) in [5, 5.41) is 0. The van der Waals surface area contributed by atoms with Crippen molar-refractivity contribution in [3.05, 3.63) is 71.3 Å². The Morgan fingerprint density at radius 3 is 2.26 bits per heavy atom. The first-order valence-electron chi connectivity index (χ1n) is 9.46. The van der Waals surface area contributed by atoms with E-state index in [1.54, 1.807) is 0 Å². The van der Waals surface area contributed by atoms with Crippen LogP contribution in [0.25, 0.3) is 0 Å². The third kappa shape index (κ3) is 6.06. The van der Waals surface area contributed by atoms with Crippen LogP contribution in [0, 0.1) is 5.92 Å². The standard InChI is InChI=1S/C22H29N3O.ClH/c1-24(16-19-5-3-2-4-6-19)17-20-11-13-25(14-12-20)22(26)21-9-7-18(15-23)8-10-21;/h2-10,20H,11-17,23H2,1H3;1H. The van der Waals surface area contributed by atoms with E-state index < -0.39 is 0 Å². The van der Waals surface area contributed by atoms with Gasteiger partial charge in [-0.15, -0.1) is 12.4 Å². The fourth-order valence-electron chi connectivity index (χ4n) is 3.69. The molecular weight excluding hydrogens is 358 g/mol. The molecule has 0 radical (unpaired) electrons. The average molecular weight is 388 g/mol. The summed E-state index contributed by atoms with van der Waals surface area (Å²) < 4.78 is 0. The van der Waals surface area contributed by atoms with Crippen molar-refractivity contribution in [1.82, 2.24) is 9.80 Å². The molecule has 3 rings (SSSR count). The maximum absolute atomic E-state index is 12.7. The summed E-state index contributed by atoms with van der Waals surface area (Å²) in [7, 11) is 2.18. The van der Waals surface area contributed by atoms with Crippen molar-refractivity contribution in [2.45, 2.75) is 25.9 Å². The summed E-state index contributed by atoms with van der Waals surface area (Å²) in [6.07, 6.45) is 2.15. The number of amides is 1. The van der Waals surface area contributed by atoms with E-state index >= 15 is 0 Å². The smallest absolute Gasteiger partial charge is 0.253 e. The largest absolute Gasteiger partial charge is 0.339 e. The lowest BCUT2D eigenvalue weighted by Gasteiger charge is -2.34. The number of hydrogen-bond donors (Lipinski definition) is 1. The van der Waals surface area contributed by atoms with Gasteiger partial charge >= 0.3 is 0 Å². The van der Waals surface area contributed by atoms with Gasteiger partial charge in [-0.05, 0) is 49.1 Å². The molecule has 0 spiro atoms. The normalized spacial score (nSPS) is 14.9. The first-order chi connectivity index (χ1) is 12.7. The van der Waals surface area contributed by atoms with E-state index in [0.717, 1.165) is 50.1 Å². The molecule has 5 heteroatoms. The van der Waals surface area contributed by atoms with Crippen molar-refractivity contribution in [3.63, 3.8) is 0 Å². The van der Waals surface area contributed by atoms with Crippen LogP contribution in [0.15, 0.2) is 54.6 Å². The molecule has 4 nitrogen and oxygen atoms in total. The van der Waals surface area contributed by atoms with Crippen LogP contribution in [0.5, 0.6) is 0 Å². The number of carbonyl (C=O) groups excluding carboxylic acids is 1. The zero-order valence-corrected chi connectivity index (χ0v) is 16.8. The number of hydrogen-bond acceptors (Lipinski definition) is 3. The monoisotopic (exact) mass is 387 g/mol. The molecule has 0 aliphatic carbocycles. The van der Waals surface area contributed by atoms with Gasteiger partial charge in [0.15, 0.2) is 0 Å². The lowest BCUT2D eigenvalue weighted by molar-refractivity contribution is 0.0672. The Labute approximate surface area is 168 Å². The summed E-state index contributed by atoms with van der Waals surface area (Å²) in [6.45, 7) is 4.27. The van der Waals surface area contributed by atoms with Crippen molar-refractivity contribution in [2.24, 2.45) is 11.7 Å². The van der Waals surface area contributed by atoms with E-state index in [2.05, 4.69) is 42.3 Å². The minimum Gasteiger partial charge on any atom is -0.339 e. The predicted octanol–water partition coefficient (Wildman–Crippen LogP) is 3.55. The highest BCUT2D eigenvalue weighted by molar-refractivity contribution is 5.94. The molecule has 1 amide bonds. The SMILES string of the molecule is CN(Cc1ccccc1)CC1CCN(C(=O)c2ccc(CN)cc2)CC1.Cl. The summed E-state index contributed by atoms with van der Waals surface area (Å²) >= 11 is 0. The Bertz CT molecular complexity index is 697. The van der Waals surface area contributed by atoms with Crippen LogP contribution in [0.4, 0.5) is 0 Å². The molecule has 0 atom stereocenters. The molecule has 0 aromatic heterocycles. The number of nitrogens with zero attached hydrogens (tertiary/aromatic N) is 2. The quantitative estimate of drug-likeness (QED) is 0.824. The molecule has 2 N–H and O–H groups in total. The molecule has 146 valence electrons. The Morgan fingerprint density at radius 1 is 1.04 bits per heavy atom. The highest BCUT2D eigenvalue weighted by Crippen LogP contribution is 2.20. The Morgan fingerprint density at radius 2 is 1.67 bits per heavy atom. The van der Waals surface area contributed by atoms with Crippen LogP contribution in [-0.4, -0.2) is 42.4 Å². The topological polar surface area (TPSA) is 49.6 Å². The Kier molecular flexibility index (Phi) is 8.29. The van der Waals surface area contributed by atoms with Crippen molar-refractivity contribution in [1.29, 1.82) is 0 Å². The van der Waals surface area contributed by atoms with E-state index in [1.165, 1.54) is 5.56 Å². The number of rotatable bonds is 6. The second-order valence-electron chi connectivity index (χ2n) is 7.32. The van der Waals surface area contributed by atoms with Crippen LogP contribution >= 0.6 is 12.4 Å². The first kappa shape index (κ1) is 21.4. The summed E-state index contributed by atoms with van der Waals surface area (Å²) in [5.74, 6) is 0.803. The van der Waals surface area contributed by atoms with Gasteiger partial charge in [0.25, 0.3) is 5.91 Å². The maximum atomic E-state index is 12.7. The summed E-state index contributed by atoms with van der Waals surface area (Å²) in [6, 6.07) is 18.3. The van der Waals surface area contributed by atoms with Gasteiger partial charge in [-0.1, -0.05) is 42.5 Å². The van der Waals surface area contributed by atoms with Crippen molar-refractivity contribution in [3.8, 4) is 0 Å². The fraction of sp³-hybridized carbons (Fsp3) is 0.409. The Hall–Kier alpha value is -1.88. The van der Waals surface area contributed by atoms with Gasteiger partial charge in [-0.25, -0.2) is 0 Å². The third-order valence-corrected chi connectivity index (χ3v) is 5.20. The number of benzene rings is 2. The molecular formula is C22H30ClN3O. The van der Waals surface area contributed by atoms with Gasteiger partial charge < -0.3 is 15.5 Å². The van der Waals surface area contributed by atoms with Gasteiger partial charge in [0.2, 0.25) is 0 Å². The summed E-state index contributed by atoms with van der Waals surface area (Å²) in [5.41, 5.74) is 8.80. The number of halogens is 1. The van der Waals surface area contributed by atoms with Crippen molar-refractivity contribution < 1.29 is 4.79 Å². The summed E-state index contributed by atoms with van der Waals surface area (Å²) in [4.78, 5) is 17.0. The fourth-order valence-corrected chi connectivity index (χ4v) is 3.69. The number of nitrogens with two attached hydrogens (primary N) is 1. The van der Waals surface area contributed by atoms with E-state index in [9.17, 15) is 4.79 Å². The van der Waals surface area contributed by atoms with Crippen LogP contribution in [-0.2, 0) is 13.1 Å². The second kappa shape index (κ2) is 10.5. The number of carbonyl (C=O) groups is 1. The maximum Gasteiger partial charge on any atom is 0.253 e. The van der Waals surface area contributed by atoms with Gasteiger partial charge in [0.1, 0.15) is 0 Å². The molecule has 1 saturated heterocycles. The van der Waals surface area contributed by atoms with Crippen molar-refractivity contribution in [2.75, 3.05) is 26.7 Å². The highest BCUT2D eigenvalue weighted by atomic mass is 35.5. The van der Waals surface area contributed by atoms with Crippen LogP contribution < -0.4 is 5.73 Å². The van der Waals surface area contributed by atoms with Gasteiger partial charge in [-0.3, -0.25) is 4.79 Å². The molecule has 2 aromatic carbocycles. The molecule has 1 aliphatic heterocycles. The third-order valence-electron chi connectivity index (χ3n) is 5.20. The van der Waals surface area contributed by atoms with E-state index in [0.29, 0.717) is 12.5 Å². The molecule has 0 bridgehead atoms. The van der Waals surface area contributed by atoms with Gasteiger partial charge in [-0.2, -0.15) is 0 Å². The Balaban J connectivity index is 0.00000261. The zero-order chi connectivity index (χ0) is 18.4. The van der Waals surface area contributed by atoms with Crippen molar-refractivity contribution >= 4 is 18.3 Å². The molecule has 1 aliphatic rings. The van der Waals surface area contributed by atoms with Gasteiger partial charge in [0.05, 0.1) is 0 Å². The van der Waals surface area contributed by atoms with Gasteiger partial charge in [0, 0.05) is 38.3 Å². The molecule has 1 heterocycles. The molecule has 27 heavy (non-hydrogen) atoms. The van der Waals surface area contributed by atoms with E-state index in [1.807, 2.05) is 29.2 Å². The molecule has 0 saturated carbocycles. The second-order valence-corrected chi connectivity index (χ2v) is 7.32. The minimum atomic E-state index is 0. The van der Waals surface area contributed by atoms with E-state index in [4.69, 9.17) is 5.73 Å². The van der Waals surface area contributed by atoms with Crippen LogP contribution in [0.2, 0.25) is 0 Å². The molecule has 0 unspecified atom stereocenters. The number of likely N-dealkylation sites (tertiary alicyclic amines) is 1. The minimum absolute atomic E-state index is 0. The van der Waals surface area contributed by atoms with Crippen LogP contribution in [0.3, 0.4) is 0 Å². The highest BCUT2D eigenvalue weighted by Gasteiger charge is 2.24. The lowest BCUT2D eigenvalue weighted by atomic mass is 9.95. The first-order valence-corrected chi connectivity index (χ1v) is 9.46. The number of piperidine rings is 1. The lowest BCUT2D eigenvalue weighted by Crippen LogP contribution is -2.41. The molecule has 1 fully saturated rings. The van der Waals surface area contributed by atoms with E-state index in [-0.39, 0.29) is 18.3 Å². The predicted molar refractivity (Wildman–Crippen MR) is 113 cm³/mol. The average Bonchev–Trinajstić information content (AvgIpc) is 2.69. The molecule has 2 aromatic rings.